The van der Waals surface area contributed by atoms with Gasteiger partial charge in [-0.25, -0.2) is 0 Å². The highest BCUT2D eigenvalue weighted by atomic mass is 16.1. The van der Waals surface area contributed by atoms with E-state index in [9.17, 15) is 4.79 Å². The Bertz CT molecular complexity index is 453. The molecule has 0 spiro atoms. The standard InChI is InChI=1S/C16H25N3O/c1-2-18-16(20)13-7-8-15(14(17)11-13)19-10-9-12-5-3-4-6-12/h7-8,11-12,19H,2-6,9-10,17H2,1H3,(H,18,20). The molecule has 0 aromatic heterocycles. The van der Waals surface area contributed by atoms with Crippen molar-refractivity contribution >= 4 is 17.3 Å². The minimum absolute atomic E-state index is 0.0725. The molecule has 0 radical (unpaired) electrons. The van der Waals surface area contributed by atoms with E-state index in [1.807, 2.05) is 19.1 Å². The fourth-order valence-corrected chi connectivity index (χ4v) is 2.84. The van der Waals surface area contributed by atoms with E-state index >= 15 is 0 Å². The molecule has 4 N–H and O–H groups in total. The second kappa shape index (κ2) is 7.17. The van der Waals surface area contributed by atoms with Gasteiger partial charge in [-0.2, -0.15) is 0 Å². The summed E-state index contributed by atoms with van der Waals surface area (Å²) in [7, 11) is 0. The van der Waals surface area contributed by atoms with Crippen LogP contribution in [0, 0.1) is 5.92 Å². The Balaban J connectivity index is 1.87. The van der Waals surface area contributed by atoms with Crippen LogP contribution < -0.4 is 16.4 Å². The number of nitrogen functional groups attached to an aromatic ring is 1. The van der Waals surface area contributed by atoms with Crippen LogP contribution in [0.2, 0.25) is 0 Å². The fraction of sp³-hybridized carbons (Fsp3) is 0.562. The number of benzene rings is 1. The Morgan fingerprint density at radius 2 is 2.10 bits per heavy atom. The highest BCUT2D eigenvalue weighted by molar-refractivity contribution is 5.96. The minimum atomic E-state index is -0.0725. The van der Waals surface area contributed by atoms with Gasteiger partial charge < -0.3 is 16.4 Å². The van der Waals surface area contributed by atoms with Crippen molar-refractivity contribution in [2.45, 2.75) is 39.0 Å². The normalized spacial score (nSPS) is 15.2. The van der Waals surface area contributed by atoms with Crippen molar-refractivity contribution in [1.82, 2.24) is 5.32 Å². The third kappa shape index (κ3) is 3.89. The summed E-state index contributed by atoms with van der Waals surface area (Å²) in [6.45, 7) is 3.48. The maximum Gasteiger partial charge on any atom is 0.251 e. The van der Waals surface area contributed by atoms with Gasteiger partial charge in [-0.15, -0.1) is 0 Å². The molecular weight excluding hydrogens is 250 g/mol. The molecule has 1 aliphatic carbocycles. The molecule has 110 valence electrons. The number of rotatable bonds is 6. The Hall–Kier alpha value is -1.71. The maximum absolute atomic E-state index is 11.7. The summed E-state index contributed by atoms with van der Waals surface area (Å²) < 4.78 is 0. The van der Waals surface area contributed by atoms with Crippen LogP contribution in [0.3, 0.4) is 0 Å². The van der Waals surface area contributed by atoms with E-state index in [2.05, 4.69) is 10.6 Å². The maximum atomic E-state index is 11.7. The molecule has 1 fully saturated rings. The molecule has 4 heteroatoms. The average molecular weight is 275 g/mol. The highest BCUT2D eigenvalue weighted by Gasteiger charge is 2.14. The van der Waals surface area contributed by atoms with E-state index in [-0.39, 0.29) is 5.91 Å². The van der Waals surface area contributed by atoms with Gasteiger partial charge >= 0.3 is 0 Å². The van der Waals surface area contributed by atoms with Crippen molar-refractivity contribution in [2.75, 3.05) is 24.1 Å². The van der Waals surface area contributed by atoms with E-state index in [0.29, 0.717) is 17.8 Å². The van der Waals surface area contributed by atoms with Crippen LogP contribution in [-0.4, -0.2) is 19.0 Å². The van der Waals surface area contributed by atoms with Crippen LogP contribution in [-0.2, 0) is 0 Å². The first-order valence-electron chi connectivity index (χ1n) is 7.62. The molecule has 0 bridgehead atoms. The number of nitrogens with one attached hydrogen (secondary N) is 2. The van der Waals surface area contributed by atoms with Crippen LogP contribution in [0.25, 0.3) is 0 Å². The van der Waals surface area contributed by atoms with Crippen molar-refractivity contribution < 1.29 is 4.79 Å². The molecule has 1 saturated carbocycles. The predicted molar refractivity (Wildman–Crippen MR) is 83.9 cm³/mol. The lowest BCUT2D eigenvalue weighted by Gasteiger charge is -2.13. The van der Waals surface area contributed by atoms with E-state index < -0.39 is 0 Å². The molecule has 1 amide bonds. The zero-order valence-corrected chi connectivity index (χ0v) is 12.2. The summed E-state index contributed by atoms with van der Waals surface area (Å²) in [5.41, 5.74) is 8.19. The van der Waals surface area contributed by atoms with Crippen molar-refractivity contribution in [3.05, 3.63) is 23.8 Å². The molecule has 20 heavy (non-hydrogen) atoms. The van der Waals surface area contributed by atoms with Crippen molar-refractivity contribution in [3.8, 4) is 0 Å². The fourth-order valence-electron chi connectivity index (χ4n) is 2.84. The lowest BCUT2D eigenvalue weighted by atomic mass is 10.0. The van der Waals surface area contributed by atoms with Crippen molar-refractivity contribution in [3.63, 3.8) is 0 Å². The Kier molecular flexibility index (Phi) is 5.27. The molecule has 2 rings (SSSR count). The topological polar surface area (TPSA) is 67.2 Å². The number of carbonyl (C=O) groups excluding carboxylic acids is 1. The van der Waals surface area contributed by atoms with Crippen LogP contribution in [0.5, 0.6) is 0 Å². The summed E-state index contributed by atoms with van der Waals surface area (Å²) in [4.78, 5) is 11.7. The quantitative estimate of drug-likeness (QED) is 0.699. The largest absolute Gasteiger partial charge is 0.397 e. The summed E-state index contributed by atoms with van der Waals surface area (Å²) in [6.07, 6.45) is 6.71. The second-order valence-corrected chi connectivity index (χ2v) is 5.53. The summed E-state index contributed by atoms with van der Waals surface area (Å²) in [5, 5.41) is 6.16. The molecule has 1 aromatic rings. The smallest absolute Gasteiger partial charge is 0.251 e. The number of hydrogen-bond donors (Lipinski definition) is 3. The van der Waals surface area contributed by atoms with Gasteiger partial charge in [-0.05, 0) is 37.5 Å². The lowest BCUT2D eigenvalue weighted by Crippen LogP contribution is -2.22. The third-order valence-corrected chi connectivity index (χ3v) is 3.99. The van der Waals surface area contributed by atoms with Gasteiger partial charge in [0.2, 0.25) is 0 Å². The molecule has 0 heterocycles. The van der Waals surface area contributed by atoms with E-state index in [0.717, 1.165) is 18.2 Å². The SMILES string of the molecule is CCNC(=O)c1ccc(NCCC2CCCC2)c(N)c1. The zero-order valence-electron chi connectivity index (χ0n) is 12.2. The lowest BCUT2D eigenvalue weighted by molar-refractivity contribution is 0.0956. The predicted octanol–water partition coefficient (Wildman–Crippen LogP) is 3.01. The number of amides is 1. The number of anilines is 2. The first-order chi connectivity index (χ1) is 9.70. The molecule has 1 aliphatic rings. The van der Waals surface area contributed by atoms with Gasteiger partial charge in [0.1, 0.15) is 0 Å². The van der Waals surface area contributed by atoms with Crippen LogP contribution in [0.1, 0.15) is 49.4 Å². The number of hydrogen-bond acceptors (Lipinski definition) is 3. The Morgan fingerprint density at radius 3 is 2.75 bits per heavy atom. The Morgan fingerprint density at radius 1 is 1.35 bits per heavy atom. The summed E-state index contributed by atoms with van der Waals surface area (Å²) in [6, 6.07) is 5.46. The summed E-state index contributed by atoms with van der Waals surface area (Å²) in [5.74, 6) is 0.801. The number of carbonyl (C=O) groups is 1. The molecular formula is C16H25N3O. The molecule has 0 atom stereocenters. The van der Waals surface area contributed by atoms with E-state index in [4.69, 9.17) is 5.73 Å². The number of nitrogens with two attached hydrogens (primary N) is 1. The van der Waals surface area contributed by atoms with Crippen LogP contribution >= 0.6 is 0 Å². The van der Waals surface area contributed by atoms with Crippen molar-refractivity contribution in [2.24, 2.45) is 5.92 Å². The van der Waals surface area contributed by atoms with Gasteiger partial charge in [0.05, 0.1) is 11.4 Å². The molecule has 1 aromatic carbocycles. The molecule has 0 unspecified atom stereocenters. The molecule has 0 aliphatic heterocycles. The first-order valence-corrected chi connectivity index (χ1v) is 7.62. The van der Waals surface area contributed by atoms with E-state index in [1.165, 1.54) is 32.1 Å². The minimum Gasteiger partial charge on any atom is -0.397 e. The van der Waals surface area contributed by atoms with Gasteiger partial charge in [-0.3, -0.25) is 4.79 Å². The third-order valence-electron chi connectivity index (χ3n) is 3.99. The summed E-state index contributed by atoms with van der Waals surface area (Å²) >= 11 is 0. The Labute approximate surface area is 121 Å². The molecule has 4 nitrogen and oxygen atoms in total. The van der Waals surface area contributed by atoms with Gasteiger partial charge in [0, 0.05) is 18.7 Å². The van der Waals surface area contributed by atoms with Crippen LogP contribution in [0.4, 0.5) is 11.4 Å². The zero-order chi connectivity index (χ0) is 14.4. The van der Waals surface area contributed by atoms with Gasteiger partial charge in [0.15, 0.2) is 0 Å². The van der Waals surface area contributed by atoms with Crippen molar-refractivity contribution in [1.29, 1.82) is 0 Å². The van der Waals surface area contributed by atoms with Gasteiger partial charge in [0.25, 0.3) is 5.91 Å². The molecule has 0 saturated heterocycles. The van der Waals surface area contributed by atoms with E-state index in [1.54, 1.807) is 6.07 Å². The second-order valence-electron chi connectivity index (χ2n) is 5.53. The van der Waals surface area contributed by atoms with Crippen LogP contribution in [0.15, 0.2) is 18.2 Å². The van der Waals surface area contributed by atoms with Gasteiger partial charge in [-0.1, -0.05) is 25.7 Å². The first kappa shape index (κ1) is 14.7. The monoisotopic (exact) mass is 275 g/mol. The highest BCUT2D eigenvalue weighted by Crippen LogP contribution is 2.28. The average Bonchev–Trinajstić information content (AvgIpc) is 2.94.